The number of Topliss-reactive ketones (excluding diaryl/α,β-unsaturated/α-hetero) is 1. The van der Waals surface area contributed by atoms with Crippen LogP contribution < -0.4 is 11.3 Å². The normalized spacial score (nSPS) is 9.80. The molecule has 80 valence electrons. The number of anilines is 1. The van der Waals surface area contributed by atoms with Crippen molar-refractivity contribution < 1.29 is 23.5 Å². The Balaban J connectivity index is 3.34. The van der Waals surface area contributed by atoms with Crippen LogP contribution in [0.3, 0.4) is 0 Å². The molecule has 0 radical (unpaired) electrons. The fourth-order valence-corrected chi connectivity index (χ4v) is 0.969. The molecular weight excluding hydrogens is 210 g/mol. The van der Waals surface area contributed by atoms with E-state index in [0.717, 1.165) is 0 Å². The molecule has 0 aliphatic carbocycles. The maximum absolute atomic E-state index is 12.7. The smallest absolute Gasteiger partial charge is 0.377 e. The molecule has 0 amide bonds. The van der Waals surface area contributed by atoms with E-state index < -0.39 is 29.0 Å². The van der Waals surface area contributed by atoms with E-state index in [-0.39, 0.29) is 5.69 Å². The minimum Gasteiger partial charge on any atom is -0.475 e. The zero-order valence-electron chi connectivity index (χ0n) is 7.25. The van der Waals surface area contributed by atoms with Gasteiger partial charge in [0, 0.05) is 6.07 Å². The molecule has 1 rings (SSSR count). The second kappa shape index (κ2) is 4.01. The highest BCUT2D eigenvalue weighted by atomic mass is 19.2. The monoisotopic (exact) mass is 216 g/mol. The van der Waals surface area contributed by atoms with Crippen LogP contribution in [0.15, 0.2) is 12.1 Å². The summed E-state index contributed by atoms with van der Waals surface area (Å²) in [6.45, 7) is 0. The number of nitrogens with two attached hydrogens (primary N) is 1. The van der Waals surface area contributed by atoms with Gasteiger partial charge in [0.25, 0.3) is 5.78 Å². The summed E-state index contributed by atoms with van der Waals surface area (Å²) >= 11 is 0. The quantitative estimate of drug-likeness (QED) is 0.296. The Labute approximate surface area is 82.5 Å². The highest BCUT2D eigenvalue weighted by molar-refractivity contribution is 6.41. The molecule has 1 aromatic carbocycles. The Hall–Kier alpha value is -2.02. The molecular formula is C8H6F2N2O3. The highest BCUT2D eigenvalue weighted by Crippen LogP contribution is 2.19. The summed E-state index contributed by atoms with van der Waals surface area (Å²) in [5.41, 5.74) is 1.08. The third kappa shape index (κ3) is 2.08. The topological polar surface area (TPSA) is 92.4 Å². The molecule has 1 aromatic rings. The van der Waals surface area contributed by atoms with Gasteiger partial charge in [-0.1, -0.05) is 0 Å². The number of hydrazine groups is 1. The van der Waals surface area contributed by atoms with Crippen LogP contribution in [0.2, 0.25) is 0 Å². The number of ketones is 1. The molecule has 5 nitrogen and oxygen atoms in total. The Kier molecular flexibility index (Phi) is 2.96. The molecule has 0 atom stereocenters. The number of rotatable bonds is 3. The first-order valence-electron chi connectivity index (χ1n) is 3.70. The van der Waals surface area contributed by atoms with Gasteiger partial charge in [0.2, 0.25) is 0 Å². The average Bonchev–Trinajstić information content (AvgIpc) is 2.20. The average molecular weight is 216 g/mol. The van der Waals surface area contributed by atoms with Crippen molar-refractivity contribution in [2.24, 2.45) is 5.84 Å². The van der Waals surface area contributed by atoms with Crippen LogP contribution in [-0.2, 0) is 4.79 Å². The number of hydrogen-bond donors (Lipinski definition) is 3. The fraction of sp³-hybridized carbons (Fsp3) is 0. The molecule has 7 heteroatoms. The van der Waals surface area contributed by atoms with Gasteiger partial charge < -0.3 is 10.5 Å². The Morgan fingerprint density at radius 1 is 1.27 bits per heavy atom. The van der Waals surface area contributed by atoms with Crippen LogP contribution in [0, 0.1) is 11.6 Å². The van der Waals surface area contributed by atoms with Crippen molar-refractivity contribution in [3.63, 3.8) is 0 Å². The predicted octanol–water partition coefficient (Wildman–Crippen LogP) is 0.518. The zero-order chi connectivity index (χ0) is 11.6. The molecule has 0 unspecified atom stereocenters. The molecule has 0 spiro atoms. The van der Waals surface area contributed by atoms with E-state index in [9.17, 15) is 18.4 Å². The Morgan fingerprint density at radius 3 is 2.27 bits per heavy atom. The van der Waals surface area contributed by atoms with E-state index in [0.29, 0.717) is 12.1 Å². The number of nitrogens with one attached hydrogen (secondary N) is 1. The van der Waals surface area contributed by atoms with Gasteiger partial charge in [0.15, 0.2) is 11.6 Å². The molecule has 4 N–H and O–H groups in total. The zero-order valence-corrected chi connectivity index (χ0v) is 7.25. The number of aliphatic carboxylic acids is 1. The summed E-state index contributed by atoms with van der Waals surface area (Å²) in [6, 6.07) is 1.08. The first-order valence-corrected chi connectivity index (χ1v) is 3.70. The van der Waals surface area contributed by atoms with Crippen LogP contribution in [0.25, 0.3) is 0 Å². The van der Waals surface area contributed by atoms with E-state index in [1.165, 1.54) is 0 Å². The van der Waals surface area contributed by atoms with Crippen molar-refractivity contribution in [2.75, 3.05) is 5.43 Å². The first-order chi connectivity index (χ1) is 6.97. The molecule has 15 heavy (non-hydrogen) atoms. The SMILES string of the molecule is NNc1cc(F)c(F)cc1C(=O)C(=O)O. The standard InChI is InChI=1S/C8H6F2N2O3/c9-4-1-3(7(13)8(14)15)6(12-11)2-5(4)10/h1-2,12H,11H2,(H,14,15). The van der Waals surface area contributed by atoms with Crippen molar-refractivity contribution in [2.45, 2.75) is 0 Å². The summed E-state index contributed by atoms with van der Waals surface area (Å²) in [4.78, 5) is 21.3. The summed E-state index contributed by atoms with van der Waals surface area (Å²) in [6.07, 6.45) is 0. The number of carboxylic acid groups (broad SMARTS) is 1. The highest BCUT2D eigenvalue weighted by Gasteiger charge is 2.20. The summed E-state index contributed by atoms with van der Waals surface area (Å²) in [5.74, 6) is -0.782. The van der Waals surface area contributed by atoms with Crippen LogP contribution in [0.4, 0.5) is 14.5 Å². The van der Waals surface area contributed by atoms with Crippen LogP contribution in [0.5, 0.6) is 0 Å². The first kappa shape index (κ1) is 11.1. The van der Waals surface area contributed by atoms with Gasteiger partial charge >= 0.3 is 5.97 Å². The molecule has 0 fully saturated rings. The molecule has 0 heterocycles. The van der Waals surface area contributed by atoms with E-state index in [4.69, 9.17) is 10.9 Å². The largest absolute Gasteiger partial charge is 0.475 e. The van der Waals surface area contributed by atoms with Crippen molar-refractivity contribution >= 4 is 17.4 Å². The third-order valence-corrected chi connectivity index (χ3v) is 1.65. The van der Waals surface area contributed by atoms with E-state index in [2.05, 4.69) is 0 Å². The number of benzene rings is 1. The van der Waals surface area contributed by atoms with Crippen molar-refractivity contribution in [3.05, 3.63) is 29.3 Å². The minimum atomic E-state index is -1.78. The lowest BCUT2D eigenvalue weighted by Crippen LogP contribution is -2.18. The van der Waals surface area contributed by atoms with E-state index >= 15 is 0 Å². The van der Waals surface area contributed by atoms with Gasteiger partial charge in [-0.05, 0) is 6.07 Å². The van der Waals surface area contributed by atoms with Gasteiger partial charge in [0.05, 0.1) is 11.3 Å². The molecule has 0 bridgehead atoms. The number of hydrogen-bond acceptors (Lipinski definition) is 4. The molecule has 0 aliphatic heterocycles. The molecule has 0 aliphatic rings. The van der Waals surface area contributed by atoms with Crippen LogP contribution in [-0.4, -0.2) is 16.9 Å². The Morgan fingerprint density at radius 2 is 1.80 bits per heavy atom. The lowest BCUT2D eigenvalue weighted by molar-refractivity contribution is -0.131. The maximum Gasteiger partial charge on any atom is 0.377 e. The summed E-state index contributed by atoms with van der Waals surface area (Å²) in [5, 5.41) is 8.38. The van der Waals surface area contributed by atoms with Crippen molar-refractivity contribution in [1.29, 1.82) is 0 Å². The maximum atomic E-state index is 12.7. The fourth-order valence-electron chi connectivity index (χ4n) is 0.969. The third-order valence-electron chi connectivity index (χ3n) is 1.65. The van der Waals surface area contributed by atoms with E-state index in [1.807, 2.05) is 5.43 Å². The van der Waals surface area contributed by atoms with Crippen molar-refractivity contribution in [3.8, 4) is 0 Å². The van der Waals surface area contributed by atoms with Gasteiger partial charge in [-0.3, -0.25) is 10.6 Å². The molecule has 0 saturated heterocycles. The number of halogens is 2. The number of nitrogen functional groups attached to an aromatic ring is 1. The second-order valence-electron chi connectivity index (χ2n) is 2.59. The van der Waals surface area contributed by atoms with Crippen LogP contribution in [0.1, 0.15) is 10.4 Å². The summed E-state index contributed by atoms with van der Waals surface area (Å²) < 4.78 is 25.4. The number of carbonyl (C=O) groups excluding carboxylic acids is 1. The minimum absolute atomic E-state index is 0.290. The molecule has 0 saturated carbocycles. The van der Waals surface area contributed by atoms with Gasteiger partial charge in [-0.2, -0.15) is 0 Å². The van der Waals surface area contributed by atoms with Gasteiger partial charge in [-0.25, -0.2) is 13.6 Å². The van der Waals surface area contributed by atoms with E-state index in [1.54, 1.807) is 0 Å². The van der Waals surface area contributed by atoms with Gasteiger partial charge in [0.1, 0.15) is 0 Å². The molecule has 0 aromatic heterocycles. The van der Waals surface area contributed by atoms with Crippen molar-refractivity contribution in [1.82, 2.24) is 0 Å². The lowest BCUT2D eigenvalue weighted by Gasteiger charge is -2.06. The van der Waals surface area contributed by atoms with Gasteiger partial charge in [-0.15, -0.1) is 0 Å². The lowest BCUT2D eigenvalue weighted by atomic mass is 10.1. The second-order valence-corrected chi connectivity index (χ2v) is 2.59. The predicted molar refractivity (Wildman–Crippen MR) is 46.1 cm³/mol. The Bertz CT molecular complexity index is 434. The van der Waals surface area contributed by atoms with Crippen LogP contribution >= 0.6 is 0 Å². The summed E-state index contributed by atoms with van der Waals surface area (Å²) in [7, 11) is 0. The number of carbonyl (C=O) groups is 2. The number of carboxylic acids is 1.